The monoisotopic (exact) mass is 367 g/mol. The van der Waals surface area contributed by atoms with E-state index in [1.165, 1.54) is 11.3 Å². The van der Waals surface area contributed by atoms with Gasteiger partial charge in [-0.1, -0.05) is 26.0 Å². The van der Waals surface area contributed by atoms with Crippen LogP contribution >= 0.6 is 0 Å². The van der Waals surface area contributed by atoms with Gasteiger partial charge >= 0.3 is 7.12 Å². The van der Waals surface area contributed by atoms with Crippen LogP contribution in [-0.2, 0) is 19.4 Å². The van der Waals surface area contributed by atoms with Gasteiger partial charge in [-0.05, 0) is 43.1 Å². The normalized spacial score (nSPS) is 18.2. The molecule has 0 saturated carbocycles. The van der Waals surface area contributed by atoms with Gasteiger partial charge in [-0.15, -0.1) is 0 Å². The Morgan fingerprint density at radius 1 is 1.22 bits per heavy atom. The van der Waals surface area contributed by atoms with Crippen molar-refractivity contribution in [3.8, 4) is 5.75 Å². The highest BCUT2D eigenvalue weighted by atomic mass is 16.5. The highest BCUT2D eigenvalue weighted by Crippen LogP contribution is 2.38. The third kappa shape index (κ3) is 3.66. The molecule has 2 aromatic rings. The minimum absolute atomic E-state index is 0.245. The van der Waals surface area contributed by atoms with Gasteiger partial charge in [-0.2, -0.15) is 0 Å². The second-order valence-electron chi connectivity index (χ2n) is 8.37. The van der Waals surface area contributed by atoms with Crippen molar-refractivity contribution < 1.29 is 14.8 Å². The molecule has 27 heavy (non-hydrogen) atoms. The maximum absolute atomic E-state index is 9.51. The predicted molar refractivity (Wildman–Crippen MR) is 105 cm³/mol. The molecule has 0 fully saturated rings. The van der Waals surface area contributed by atoms with Crippen LogP contribution in [0.5, 0.6) is 5.75 Å². The number of benzene rings is 1. The molecule has 6 nitrogen and oxygen atoms in total. The van der Waals surface area contributed by atoms with E-state index in [2.05, 4.69) is 18.7 Å². The molecule has 7 heteroatoms. The van der Waals surface area contributed by atoms with E-state index in [-0.39, 0.29) is 5.41 Å². The standard InChI is InChI=1S/C20H26BN3O3/c1-13-22-17-6-7-20(2,3)11-16(17)19(23-13)24-8-9-27-18-5-4-15(21(25)26)10-14(18)12-24/h4-5,10,25-26H,6-9,11-12H2,1-3H3. The number of rotatable bonds is 2. The Hall–Kier alpha value is -2.12. The van der Waals surface area contributed by atoms with E-state index in [0.717, 1.165) is 48.8 Å². The zero-order chi connectivity index (χ0) is 19.2. The number of anilines is 1. The van der Waals surface area contributed by atoms with Gasteiger partial charge in [-0.3, -0.25) is 0 Å². The van der Waals surface area contributed by atoms with Gasteiger partial charge < -0.3 is 19.7 Å². The van der Waals surface area contributed by atoms with Crippen LogP contribution in [0.1, 0.15) is 42.9 Å². The fourth-order valence-electron chi connectivity index (χ4n) is 4.07. The maximum atomic E-state index is 9.51. The summed E-state index contributed by atoms with van der Waals surface area (Å²) in [6.07, 6.45) is 3.09. The third-order valence-electron chi connectivity index (χ3n) is 5.54. The molecule has 1 aromatic heterocycles. The SMILES string of the molecule is Cc1nc2c(c(N3CCOc4ccc(B(O)O)cc4C3)n1)CC(C)(C)CC2. The third-order valence-corrected chi connectivity index (χ3v) is 5.54. The Balaban J connectivity index is 1.74. The first-order chi connectivity index (χ1) is 12.8. The van der Waals surface area contributed by atoms with Crippen LogP contribution in [0, 0.1) is 12.3 Å². The summed E-state index contributed by atoms with van der Waals surface area (Å²) in [4.78, 5) is 11.8. The Labute approximate surface area is 160 Å². The summed E-state index contributed by atoms with van der Waals surface area (Å²) in [7, 11) is -1.48. The van der Waals surface area contributed by atoms with E-state index in [1.807, 2.05) is 19.1 Å². The van der Waals surface area contributed by atoms with Crippen molar-refractivity contribution in [2.45, 2.75) is 46.6 Å². The van der Waals surface area contributed by atoms with Gasteiger partial charge in [-0.25, -0.2) is 9.97 Å². The zero-order valence-electron chi connectivity index (χ0n) is 16.2. The average molecular weight is 367 g/mol. The molecular weight excluding hydrogens is 341 g/mol. The van der Waals surface area contributed by atoms with Crippen molar-refractivity contribution in [1.82, 2.24) is 9.97 Å². The van der Waals surface area contributed by atoms with Crippen LogP contribution in [0.2, 0.25) is 0 Å². The number of aryl methyl sites for hydroxylation is 2. The van der Waals surface area contributed by atoms with Gasteiger partial charge in [0, 0.05) is 23.4 Å². The van der Waals surface area contributed by atoms with E-state index >= 15 is 0 Å². The molecule has 1 aliphatic heterocycles. The van der Waals surface area contributed by atoms with Gasteiger partial charge in [0.2, 0.25) is 0 Å². The van der Waals surface area contributed by atoms with Crippen molar-refractivity contribution in [1.29, 1.82) is 0 Å². The van der Waals surface area contributed by atoms with Gasteiger partial charge in [0.05, 0.1) is 6.54 Å². The number of fused-ring (bicyclic) bond motifs is 2. The van der Waals surface area contributed by atoms with Gasteiger partial charge in [0.15, 0.2) is 0 Å². The highest BCUT2D eigenvalue weighted by molar-refractivity contribution is 6.58. The van der Waals surface area contributed by atoms with E-state index in [0.29, 0.717) is 18.6 Å². The van der Waals surface area contributed by atoms with E-state index in [1.54, 1.807) is 6.07 Å². The summed E-state index contributed by atoms with van der Waals surface area (Å²) < 4.78 is 5.90. The molecule has 0 radical (unpaired) electrons. The average Bonchev–Trinajstić information content (AvgIpc) is 2.82. The molecule has 0 atom stereocenters. The molecule has 142 valence electrons. The zero-order valence-corrected chi connectivity index (χ0v) is 16.2. The van der Waals surface area contributed by atoms with Crippen molar-refractivity contribution in [2.24, 2.45) is 5.41 Å². The first kappa shape index (κ1) is 18.3. The molecule has 0 unspecified atom stereocenters. The van der Waals surface area contributed by atoms with Crippen LogP contribution < -0.4 is 15.1 Å². The summed E-state index contributed by atoms with van der Waals surface area (Å²) in [6.45, 7) is 8.47. The fourth-order valence-corrected chi connectivity index (χ4v) is 4.07. The van der Waals surface area contributed by atoms with Crippen molar-refractivity contribution in [3.63, 3.8) is 0 Å². The largest absolute Gasteiger partial charge is 0.491 e. The Kier molecular flexibility index (Phi) is 4.60. The lowest BCUT2D eigenvalue weighted by atomic mass is 9.76. The molecule has 2 heterocycles. The summed E-state index contributed by atoms with van der Waals surface area (Å²) in [5.74, 6) is 2.59. The fraction of sp³-hybridized carbons (Fsp3) is 0.500. The van der Waals surface area contributed by atoms with Crippen molar-refractivity contribution >= 4 is 18.4 Å². The topological polar surface area (TPSA) is 78.7 Å². The van der Waals surface area contributed by atoms with Gasteiger partial charge in [0.25, 0.3) is 0 Å². The van der Waals surface area contributed by atoms with Crippen LogP contribution in [-0.4, -0.2) is 40.3 Å². The Bertz CT molecular complexity index is 870. The summed E-state index contributed by atoms with van der Waals surface area (Å²) >= 11 is 0. The van der Waals surface area contributed by atoms with E-state index in [9.17, 15) is 10.0 Å². The quantitative estimate of drug-likeness (QED) is 0.781. The Morgan fingerprint density at radius 2 is 2.04 bits per heavy atom. The summed E-state index contributed by atoms with van der Waals surface area (Å²) in [6, 6.07) is 5.32. The maximum Gasteiger partial charge on any atom is 0.488 e. The smallest absolute Gasteiger partial charge is 0.488 e. The minimum atomic E-state index is -1.48. The molecule has 0 amide bonds. The van der Waals surface area contributed by atoms with E-state index in [4.69, 9.17) is 14.7 Å². The molecule has 0 spiro atoms. The van der Waals surface area contributed by atoms with Crippen LogP contribution in [0.15, 0.2) is 18.2 Å². The number of hydrogen-bond donors (Lipinski definition) is 2. The summed E-state index contributed by atoms with van der Waals surface area (Å²) in [5.41, 5.74) is 4.08. The molecule has 0 saturated heterocycles. The van der Waals surface area contributed by atoms with E-state index < -0.39 is 7.12 Å². The first-order valence-electron chi connectivity index (χ1n) is 9.55. The molecule has 4 rings (SSSR count). The number of hydrogen-bond acceptors (Lipinski definition) is 6. The minimum Gasteiger partial charge on any atom is -0.491 e. The second kappa shape index (κ2) is 6.80. The lowest BCUT2D eigenvalue weighted by Gasteiger charge is -2.34. The first-order valence-corrected chi connectivity index (χ1v) is 9.55. The van der Waals surface area contributed by atoms with Gasteiger partial charge in [0.1, 0.15) is 24.0 Å². The predicted octanol–water partition coefficient (Wildman–Crippen LogP) is 1.38. The highest BCUT2D eigenvalue weighted by Gasteiger charge is 2.31. The molecule has 1 aromatic carbocycles. The number of nitrogens with zero attached hydrogens (tertiary/aromatic N) is 3. The number of aromatic nitrogens is 2. The van der Waals surface area contributed by atoms with Crippen molar-refractivity contribution in [2.75, 3.05) is 18.1 Å². The van der Waals surface area contributed by atoms with Crippen LogP contribution in [0.4, 0.5) is 5.82 Å². The second-order valence-corrected chi connectivity index (χ2v) is 8.37. The molecule has 1 aliphatic carbocycles. The lowest BCUT2D eigenvalue weighted by molar-refractivity contribution is 0.310. The summed E-state index contributed by atoms with van der Waals surface area (Å²) in [5, 5.41) is 19.0. The lowest BCUT2D eigenvalue weighted by Crippen LogP contribution is -2.32. The number of ether oxygens (including phenoxy) is 1. The molecule has 0 bridgehead atoms. The van der Waals surface area contributed by atoms with Crippen LogP contribution in [0.3, 0.4) is 0 Å². The Morgan fingerprint density at radius 3 is 2.81 bits per heavy atom. The molecular formula is C20H26BN3O3. The molecule has 2 aliphatic rings. The van der Waals surface area contributed by atoms with Crippen LogP contribution in [0.25, 0.3) is 0 Å². The molecule has 2 N–H and O–H groups in total. The van der Waals surface area contributed by atoms with Crippen molar-refractivity contribution in [3.05, 3.63) is 40.8 Å².